The second kappa shape index (κ2) is 12.4. The molecular weight excluding hydrogens is 598 g/mol. The molecule has 2 aliphatic rings. The molecule has 3 aromatic rings. The van der Waals surface area contributed by atoms with Crippen molar-refractivity contribution in [2.45, 2.75) is 49.2 Å². The van der Waals surface area contributed by atoms with Gasteiger partial charge in [-0.15, -0.1) is 0 Å². The van der Waals surface area contributed by atoms with Crippen molar-refractivity contribution < 1.29 is 54.0 Å². The van der Waals surface area contributed by atoms with Crippen molar-refractivity contribution in [2.75, 3.05) is 6.54 Å². The summed E-state index contributed by atoms with van der Waals surface area (Å²) in [7, 11) is -6.36. The van der Waals surface area contributed by atoms with Crippen molar-refractivity contribution in [3.63, 3.8) is 0 Å². The summed E-state index contributed by atoms with van der Waals surface area (Å²) in [5.74, 6) is -2.35. The third-order valence-corrected chi connectivity index (χ3v) is 7.96. The van der Waals surface area contributed by atoms with Gasteiger partial charge in [0.25, 0.3) is 0 Å². The summed E-state index contributed by atoms with van der Waals surface area (Å²) < 4.78 is 100. The Morgan fingerprint density at radius 3 is 2.05 bits per heavy atom. The molecular formula is C29H25F4NO8S. The minimum Gasteiger partial charge on any atom is -0.451 e. The molecule has 0 bridgehead atoms. The lowest BCUT2D eigenvalue weighted by atomic mass is 10.0. The first-order valence-electron chi connectivity index (χ1n) is 13.0. The third kappa shape index (κ3) is 6.88. The molecule has 1 amide bonds. The van der Waals surface area contributed by atoms with Crippen LogP contribution in [0.15, 0.2) is 84.9 Å². The highest BCUT2D eigenvalue weighted by molar-refractivity contribution is 7.87. The van der Waals surface area contributed by atoms with Crippen LogP contribution in [0.4, 0.5) is 17.6 Å². The van der Waals surface area contributed by atoms with Gasteiger partial charge in [0.2, 0.25) is 12.0 Å². The molecule has 5 rings (SSSR count). The largest absolute Gasteiger partial charge is 0.523 e. The highest BCUT2D eigenvalue weighted by Gasteiger charge is 2.55. The zero-order valence-corrected chi connectivity index (χ0v) is 23.0. The Morgan fingerprint density at radius 2 is 1.53 bits per heavy atom. The van der Waals surface area contributed by atoms with E-state index >= 15 is 0 Å². The highest BCUT2D eigenvalue weighted by Crippen LogP contribution is 2.35. The number of benzene rings is 3. The van der Waals surface area contributed by atoms with E-state index in [1.54, 1.807) is 60.7 Å². The van der Waals surface area contributed by atoms with Crippen molar-refractivity contribution in [3.05, 3.63) is 107 Å². The molecule has 0 radical (unpaired) electrons. The van der Waals surface area contributed by atoms with Crippen LogP contribution >= 0.6 is 0 Å². The Morgan fingerprint density at radius 1 is 0.953 bits per heavy atom. The van der Waals surface area contributed by atoms with E-state index in [2.05, 4.69) is 4.18 Å². The van der Waals surface area contributed by atoms with Crippen molar-refractivity contribution >= 4 is 22.0 Å². The molecule has 43 heavy (non-hydrogen) atoms. The smallest absolute Gasteiger partial charge is 0.451 e. The lowest BCUT2D eigenvalue weighted by Gasteiger charge is -2.31. The molecule has 0 aliphatic carbocycles. The van der Waals surface area contributed by atoms with E-state index in [1.807, 2.05) is 0 Å². The van der Waals surface area contributed by atoms with E-state index in [0.29, 0.717) is 16.7 Å². The molecule has 0 aromatic heterocycles. The number of alkyl halides is 3. The summed E-state index contributed by atoms with van der Waals surface area (Å²) in [6, 6.07) is 21.4. The summed E-state index contributed by atoms with van der Waals surface area (Å²) in [6.07, 6.45) is -7.50. The number of rotatable bonds is 11. The van der Waals surface area contributed by atoms with Gasteiger partial charge < -0.3 is 19.1 Å². The molecule has 0 unspecified atom stereocenters. The van der Waals surface area contributed by atoms with Crippen LogP contribution < -0.4 is 0 Å². The number of carbonyl (C=O) groups is 2. The second-order valence-corrected chi connectivity index (χ2v) is 11.4. The molecule has 2 heterocycles. The van der Waals surface area contributed by atoms with Crippen molar-refractivity contribution in [2.24, 2.45) is 0 Å². The Balaban J connectivity index is 1.51. The van der Waals surface area contributed by atoms with E-state index < -0.39 is 64.7 Å². The van der Waals surface area contributed by atoms with E-state index in [-0.39, 0.29) is 18.9 Å². The fraction of sp³-hybridized carbons (Fsp3) is 0.310. The van der Waals surface area contributed by atoms with E-state index in [9.17, 15) is 35.6 Å². The van der Waals surface area contributed by atoms with Crippen molar-refractivity contribution in [1.29, 1.82) is 0 Å². The van der Waals surface area contributed by atoms with Gasteiger partial charge in [-0.1, -0.05) is 72.8 Å². The molecule has 14 heteroatoms. The van der Waals surface area contributed by atoms with Gasteiger partial charge in [-0.2, -0.15) is 21.6 Å². The summed E-state index contributed by atoms with van der Waals surface area (Å²) in [5.41, 5.74) is -4.66. The predicted octanol–water partition coefficient (Wildman–Crippen LogP) is 4.24. The quantitative estimate of drug-likeness (QED) is 0.103. The van der Waals surface area contributed by atoms with Crippen LogP contribution in [-0.2, 0) is 44.7 Å². The number of hydrogen-bond acceptors (Lipinski definition) is 8. The van der Waals surface area contributed by atoms with Crippen LogP contribution in [0.25, 0.3) is 0 Å². The summed E-state index contributed by atoms with van der Waals surface area (Å²) in [6.45, 7) is -0.610. The molecule has 0 spiro atoms. The number of amides is 1. The van der Waals surface area contributed by atoms with E-state index in [4.69, 9.17) is 14.2 Å². The average Bonchev–Trinajstić information content (AvgIpc) is 3.33. The Hall–Kier alpha value is -3.85. The van der Waals surface area contributed by atoms with Gasteiger partial charge >= 0.3 is 21.6 Å². The third-order valence-electron chi connectivity index (χ3n) is 6.93. The summed E-state index contributed by atoms with van der Waals surface area (Å²) in [4.78, 5) is 27.0. The van der Waals surface area contributed by atoms with Gasteiger partial charge in [-0.3, -0.25) is 4.79 Å². The molecule has 2 aliphatic heterocycles. The van der Waals surface area contributed by atoms with Crippen LogP contribution in [0.2, 0.25) is 0 Å². The first kappa shape index (κ1) is 30.6. The standard InChI is InChI=1S/C29H25F4NO8S/c30-21-13-11-18(12-14-21)17-39-26(22-16-34-23(35)15-24(34)40-22)27(42-43(37,38)29(31,32)33)28(36)41-25(19-7-3-1-4-8-19)20-9-5-2-6-10-20/h1-14,22,24-27H,15-17H2/t22-,24+,26+,27-/m1/s1. The number of fused-ring (bicyclic) bond motifs is 1. The highest BCUT2D eigenvalue weighted by atomic mass is 32.2. The van der Waals surface area contributed by atoms with Crippen molar-refractivity contribution in [1.82, 2.24) is 4.90 Å². The van der Waals surface area contributed by atoms with E-state index in [0.717, 1.165) is 12.1 Å². The molecule has 228 valence electrons. The average molecular weight is 624 g/mol. The number of hydrogen-bond donors (Lipinski definition) is 0. The Bertz CT molecular complexity index is 1500. The number of halogens is 4. The Labute approximate surface area is 244 Å². The number of β-lactam (4-membered cyclic amide) rings is 1. The Kier molecular flexibility index (Phi) is 8.83. The van der Waals surface area contributed by atoms with Crippen LogP contribution in [0.1, 0.15) is 29.2 Å². The van der Waals surface area contributed by atoms with Gasteiger partial charge in [0.05, 0.1) is 19.6 Å². The zero-order valence-electron chi connectivity index (χ0n) is 22.2. The van der Waals surface area contributed by atoms with Crippen LogP contribution in [0.5, 0.6) is 0 Å². The maximum absolute atomic E-state index is 13.8. The first-order chi connectivity index (χ1) is 20.4. The predicted molar refractivity (Wildman–Crippen MR) is 141 cm³/mol. The zero-order chi connectivity index (χ0) is 30.8. The fourth-order valence-corrected chi connectivity index (χ4v) is 5.31. The fourth-order valence-electron chi connectivity index (χ4n) is 4.74. The van der Waals surface area contributed by atoms with Crippen LogP contribution in [-0.4, -0.2) is 61.8 Å². The maximum Gasteiger partial charge on any atom is 0.523 e. The monoisotopic (exact) mass is 623 g/mol. The molecule has 0 saturated carbocycles. The minimum atomic E-state index is -6.36. The minimum absolute atomic E-state index is 0.0118. The number of ether oxygens (including phenoxy) is 3. The summed E-state index contributed by atoms with van der Waals surface area (Å²) >= 11 is 0. The van der Waals surface area contributed by atoms with Gasteiger partial charge in [0, 0.05) is 0 Å². The van der Waals surface area contributed by atoms with Crippen LogP contribution in [0.3, 0.4) is 0 Å². The van der Waals surface area contributed by atoms with Gasteiger partial charge in [0.15, 0.2) is 6.10 Å². The molecule has 4 atom stereocenters. The molecule has 3 aromatic carbocycles. The molecule has 2 saturated heterocycles. The van der Waals surface area contributed by atoms with Gasteiger partial charge in [-0.25, -0.2) is 13.4 Å². The molecule has 0 N–H and O–H groups in total. The molecule has 2 fully saturated rings. The second-order valence-electron chi connectivity index (χ2n) is 9.84. The normalized spacial score (nSPS) is 19.9. The number of carbonyl (C=O) groups excluding carboxylic acids is 2. The first-order valence-corrected chi connectivity index (χ1v) is 14.4. The molecule has 9 nitrogen and oxygen atoms in total. The lowest BCUT2D eigenvalue weighted by Crippen LogP contribution is -2.50. The topological polar surface area (TPSA) is 108 Å². The summed E-state index contributed by atoms with van der Waals surface area (Å²) in [5, 5.41) is 0. The maximum atomic E-state index is 13.8. The van der Waals surface area contributed by atoms with Gasteiger partial charge in [-0.05, 0) is 28.8 Å². The van der Waals surface area contributed by atoms with E-state index in [1.165, 1.54) is 17.0 Å². The number of esters is 1. The SMILES string of the molecule is O=C(OC(c1ccccc1)c1ccccc1)[C@H](OS(=O)(=O)C(F)(F)F)[C@@H](OCc1ccc(F)cc1)[C@H]1CN2C(=O)C[C@@H]2O1. The van der Waals surface area contributed by atoms with Crippen LogP contribution in [0, 0.1) is 5.82 Å². The number of nitrogens with zero attached hydrogens (tertiary/aromatic N) is 1. The lowest BCUT2D eigenvalue weighted by molar-refractivity contribution is -0.178. The van der Waals surface area contributed by atoms with Gasteiger partial charge in [0.1, 0.15) is 24.3 Å². The van der Waals surface area contributed by atoms with Crippen molar-refractivity contribution in [3.8, 4) is 0 Å².